The van der Waals surface area contributed by atoms with Gasteiger partial charge in [-0.15, -0.1) is 0 Å². The van der Waals surface area contributed by atoms with Gasteiger partial charge < -0.3 is 37.6 Å². The number of esters is 1. The Morgan fingerprint density at radius 2 is 1.64 bits per heavy atom. The lowest BCUT2D eigenvalue weighted by Gasteiger charge is -2.58. The van der Waals surface area contributed by atoms with Gasteiger partial charge in [0.1, 0.15) is 18.5 Å². The molecule has 9 nitrogen and oxygen atoms in total. The van der Waals surface area contributed by atoms with Crippen LogP contribution in [0.3, 0.4) is 0 Å². The van der Waals surface area contributed by atoms with Crippen LogP contribution in [0.2, 0.25) is 10.1 Å². The summed E-state index contributed by atoms with van der Waals surface area (Å²) in [5.74, 6) is -1.27. The first kappa shape index (κ1) is 38.7. The number of ether oxygens (including phenoxy) is 5. The summed E-state index contributed by atoms with van der Waals surface area (Å²) in [4.78, 5) is 12.7. The SMILES string of the molecule is COc1ccc(CO[C@H](/C=C/C(=O)OCc2ccccc2)[C@@H](C)C[C@]2(O)C[C@H](C)[C@@H]3O[C@@H]4CO[Si](C(C)(C)C)(C(C)(C)C)O[C@@H]4C[C@@H]3O2)cc1. The number of aliphatic hydroxyl groups is 1. The van der Waals surface area contributed by atoms with Crippen LogP contribution in [-0.4, -0.2) is 69.7 Å². The third-order valence-corrected chi connectivity index (χ3v) is 15.5. The van der Waals surface area contributed by atoms with Gasteiger partial charge in [-0.05, 0) is 41.2 Å². The molecule has 10 heteroatoms. The van der Waals surface area contributed by atoms with E-state index in [1.807, 2.05) is 61.5 Å². The monoisotopic (exact) mass is 710 g/mol. The zero-order valence-corrected chi connectivity index (χ0v) is 32.3. The summed E-state index contributed by atoms with van der Waals surface area (Å²) in [7, 11) is -1.07. The molecule has 0 bridgehead atoms. The number of hydrogen-bond donors (Lipinski definition) is 1. The van der Waals surface area contributed by atoms with Crippen LogP contribution in [0.1, 0.15) is 85.8 Å². The fourth-order valence-electron chi connectivity index (χ4n) is 8.11. The van der Waals surface area contributed by atoms with Gasteiger partial charge in [-0.3, -0.25) is 0 Å². The molecule has 0 amide bonds. The quantitative estimate of drug-likeness (QED) is 0.143. The molecule has 5 rings (SSSR count). The maximum absolute atomic E-state index is 12.7. The fourth-order valence-corrected chi connectivity index (χ4v) is 13.1. The summed E-state index contributed by atoms with van der Waals surface area (Å²) in [5, 5.41) is 11.8. The minimum Gasteiger partial charge on any atom is -0.497 e. The Labute approximate surface area is 299 Å². The number of carbonyl (C=O) groups excluding carboxylic acids is 1. The van der Waals surface area contributed by atoms with E-state index < -0.39 is 26.4 Å². The predicted molar refractivity (Wildman–Crippen MR) is 194 cm³/mol. The van der Waals surface area contributed by atoms with Gasteiger partial charge in [0.05, 0.1) is 44.7 Å². The van der Waals surface area contributed by atoms with Gasteiger partial charge >= 0.3 is 14.5 Å². The van der Waals surface area contributed by atoms with Gasteiger partial charge in [0.15, 0.2) is 5.79 Å². The third-order valence-electron chi connectivity index (χ3n) is 10.3. The highest BCUT2D eigenvalue weighted by molar-refractivity contribution is 6.73. The molecule has 3 aliphatic heterocycles. The van der Waals surface area contributed by atoms with Gasteiger partial charge in [-0.25, -0.2) is 4.79 Å². The van der Waals surface area contributed by atoms with Crippen LogP contribution in [-0.2, 0) is 45.8 Å². The van der Waals surface area contributed by atoms with Crippen LogP contribution in [0.15, 0.2) is 66.7 Å². The highest BCUT2D eigenvalue weighted by Crippen LogP contribution is 2.56. The largest absolute Gasteiger partial charge is 0.497 e. The third kappa shape index (κ3) is 8.89. The number of methoxy groups -OCH3 is 1. The first-order valence-corrected chi connectivity index (χ1v) is 19.8. The number of fused-ring (bicyclic) bond motifs is 2. The van der Waals surface area contributed by atoms with Crippen LogP contribution >= 0.6 is 0 Å². The molecule has 0 aliphatic carbocycles. The number of benzene rings is 2. The Morgan fingerprint density at radius 1 is 0.980 bits per heavy atom. The molecule has 0 aromatic heterocycles. The molecule has 2 aromatic carbocycles. The molecule has 0 radical (unpaired) electrons. The van der Waals surface area contributed by atoms with Crippen LogP contribution in [0.5, 0.6) is 5.75 Å². The Bertz CT molecular complexity index is 1420. The van der Waals surface area contributed by atoms with Crippen molar-refractivity contribution in [3.8, 4) is 5.75 Å². The van der Waals surface area contributed by atoms with E-state index in [4.69, 9.17) is 32.5 Å². The molecule has 0 saturated carbocycles. The van der Waals surface area contributed by atoms with Crippen molar-refractivity contribution < 1.29 is 42.4 Å². The summed E-state index contributed by atoms with van der Waals surface area (Å²) >= 11 is 0. The van der Waals surface area contributed by atoms with E-state index >= 15 is 0 Å². The molecule has 1 N–H and O–H groups in total. The Morgan fingerprint density at radius 3 is 2.28 bits per heavy atom. The lowest BCUT2D eigenvalue weighted by atomic mass is 9.80. The molecule has 3 saturated heterocycles. The molecule has 8 atom stereocenters. The molecule has 3 fully saturated rings. The van der Waals surface area contributed by atoms with E-state index in [-0.39, 0.29) is 52.9 Å². The standard InChI is InChI=1S/C40H58O9Si/c1-27(32(44-24-30-15-17-31(43-9)18-16-30)19-20-36(41)45-25-29-13-11-10-12-14-29)22-40(42)23-28(2)37-34(48-40)21-33-35(47-37)26-46-50(49-33,38(3,4)5)39(6,7)8/h10-20,27-28,32-35,37,42H,21-26H2,1-9H3/b20-19+/t27-,28-,32+,33+,34-,35+,37-,40+/m0/s1. The Balaban J connectivity index is 1.28. The summed E-state index contributed by atoms with van der Waals surface area (Å²) < 4.78 is 44.1. The second-order valence-electron chi connectivity index (χ2n) is 16.5. The van der Waals surface area contributed by atoms with Crippen LogP contribution in [0, 0.1) is 11.8 Å². The highest BCUT2D eigenvalue weighted by atomic mass is 28.4. The minimum absolute atomic E-state index is 0.0447. The second kappa shape index (κ2) is 15.6. The zero-order valence-electron chi connectivity index (χ0n) is 31.3. The van der Waals surface area contributed by atoms with E-state index in [2.05, 4.69) is 48.5 Å². The molecule has 3 aliphatic rings. The Kier molecular flexibility index (Phi) is 12.0. The average molecular weight is 711 g/mol. The van der Waals surface area contributed by atoms with Gasteiger partial charge in [-0.1, -0.05) is 97.9 Å². The smallest absolute Gasteiger partial charge is 0.349 e. The first-order chi connectivity index (χ1) is 23.5. The lowest BCUT2D eigenvalue weighted by molar-refractivity contribution is -0.333. The van der Waals surface area contributed by atoms with Crippen molar-refractivity contribution >= 4 is 14.5 Å². The van der Waals surface area contributed by atoms with Crippen molar-refractivity contribution in [2.45, 2.75) is 134 Å². The summed E-state index contributed by atoms with van der Waals surface area (Å²) in [5.41, 5.74) is 1.87. The van der Waals surface area contributed by atoms with E-state index in [1.165, 1.54) is 6.08 Å². The van der Waals surface area contributed by atoms with Crippen molar-refractivity contribution in [1.29, 1.82) is 0 Å². The van der Waals surface area contributed by atoms with E-state index in [0.29, 0.717) is 32.5 Å². The molecule has 50 heavy (non-hydrogen) atoms. The van der Waals surface area contributed by atoms with Crippen LogP contribution < -0.4 is 4.74 Å². The fraction of sp³-hybridized carbons (Fsp3) is 0.625. The molecule has 2 aromatic rings. The predicted octanol–water partition coefficient (Wildman–Crippen LogP) is 7.64. The Hall–Kier alpha value is -2.57. The van der Waals surface area contributed by atoms with Gasteiger partial charge in [-0.2, -0.15) is 0 Å². The molecule has 3 heterocycles. The maximum atomic E-state index is 12.7. The number of carbonyl (C=O) groups is 1. The summed E-state index contributed by atoms with van der Waals surface area (Å²) in [6, 6.07) is 17.2. The molecule has 276 valence electrons. The van der Waals surface area contributed by atoms with E-state index in [1.54, 1.807) is 13.2 Å². The molecular formula is C40H58O9Si. The normalized spacial score (nSPS) is 29.4. The highest BCUT2D eigenvalue weighted by Gasteiger charge is 2.64. The lowest BCUT2D eigenvalue weighted by Crippen LogP contribution is -2.69. The minimum atomic E-state index is -2.70. The van der Waals surface area contributed by atoms with Gasteiger partial charge in [0.25, 0.3) is 0 Å². The first-order valence-electron chi connectivity index (χ1n) is 18.0. The molecule has 0 spiro atoms. The van der Waals surface area contributed by atoms with Gasteiger partial charge in [0, 0.05) is 35.4 Å². The summed E-state index contributed by atoms with van der Waals surface area (Å²) in [6.45, 7) is 18.4. The average Bonchev–Trinajstić information content (AvgIpc) is 3.05. The van der Waals surface area contributed by atoms with Crippen molar-refractivity contribution in [2.75, 3.05) is 13.7 Å². The van der Waals surface area contributed by atoms with Crippen molar-refractivity contribution in [3.63, 3.8) is 0 Å². The molecule has 0 unspecified atom stereocenters. The summed E-state index contributed by atoms with van der Waals surface area (Å²) in [6.07, 6.45) is 3.15. The van der Waals surface area contributed by atoms with Crippen LogP contribution in [0.4, 0.5) is 0 Å². The number of hydrogen-bond acceptors (Lipinski definition) is 9. The zero-order chi connectivity index (χ0) is 36.3. The van der Waals surface area contributed by atoms with Gasteiger partial charge in [0.2, 0.25) is 0 Å². The van der Waals surface area contributed by atoms with Crippen molar-refractivity contribution in [1.82, 2.24) is 0 Å². The molecular weight excluding hydrogens is 653 g/mol. The maximum Gasteiger partial charge on any atom is 0.349 e. The van der Waals surface area contributed by atoms with E-state index in [9.17, 15) is 9.90 Å². The second-order valence-corrected chi connectivity index (χ2v) is 21.3. The van der Waals surface area contributed by atoms with E-state index in [0.717, 1.165) is 16.9 Å². The van der Waals surface area contributed by atoms with Crippen LogP contribution in [0.25, 0.3) is 0 Å². The topological polar surface area (TPSA) is 102 Å². The number of rotatable bonds is 11. The van der Waals surface area contributed by atoms with Crippen molar-refractivity contribution in [3.05, 3.63) is 77.9 Å². The van der Waals surface area contributed by atoms with Crippen molar-refractivity contribution in [2.24, 2.45) is 11.8 Å².